The summed E-state index contributed by atoms with van der Waals surface area (Å²) in [6.45, 7) is 2.18. The van der Waals surface area contributed by atoms with E-state index in [9.17, 15) is 19.2 Å². The van der Waals surface area contributed by atoms with E-state index in [1.54, 1.807) is 0 Å². The van der Waals surface area contributed by atoms with E-state index in [2.05, 4.69) is 0 Å². The van der Waals surface area contributed by atoms with Gasteiger partial charge in [-0.2, -0.15) is 0 Å². The van der Waals surface area contributed by atoms with Crippen LogP contribution in [-0.2, 0) is 28.7 Å². The fourth-order valence-electron chi connectivity index (χ4n) is 2.41. The van der Waals surface area contributed by atoms with E-state index >= 15 is 0 Å². The zero-order valence-electron chi connectivity index (χ0n) is 16.1. The Kier molecular flexibility index (Phi) is 14.8. The van der Waals surface area contributed by atoms with Crippen LogP contribution < -0.4 is 0 Å². The number of esters is 2. The van der Waals surface area contributed by atoms with Gasteiger partial charge in [-0.15, -0.1) is 0 Å². The average Bonchev–Trinajstić information content (AvgIpc) is 2.60. The standard InChI is InChI=1S/C19H32O8/c1-2-3-8-15(27-19(25)12-7-5-10-17(22)23)13-14-26-18(24)11-6-4-9-16(20)21/h15H,2-14H2,1H3,(H,20,21)(H,22,23). The van der Waals surface area contributed by atoms with E-state index in [0.29, 0.717) is 38.5 Å². The summed E-state index contributed by atoms with van der Waals surface area (Å²) in [6, 6.07) is 0. The Morgan fingerprint density at radius 2 is 1.26 bits per heavy atom. The normalized spacial score (nSPS) is 11.6. The summed E-state index contributed by atoms with van der Waals surface area (Å²) in [7, 11) is 0. The number of carboxylic acids is 2. The van der Waals surface area contributed by atoms with Crippen LogP contribution in [0.1, 0.15) is 84.0 Å². The fraction of sp³-hybridized carbons (Fsp3) is 0.789. The van der Waals surface area contributed by atoms with Crippen LogP contribution >= 0.6 is 0 Å². The van der Waals surface area contributed by atoms with E-state index in [4.69, 9.17) is 19.7 Å². The SMILES string of the molecule is CCCCC(CCOC(=O)CCCCC(=O)O)OC(=O)CCCCC(=O)O. The minimum Gasteiger partial charge on any atom is -0.481 e. The van der Waals surface area contributed by atoms with E-state index in [1.807, 2.05) is 6.92 Å². The minimum absolute atomic E-state index is 0.0365. The van der Waals surface area contributed by atoms with Gasteiger partial charge in [-0.05, 0) is 32.1 Å². The van der Waals surface area contributed by atoms with Gasteiger partial charge in [-0.3, -0.25) is 19.2 Å². The molecule has 0 fully saturated rings. The van der Waals surface area contributed by atoms with E-state index in [-0.39, 0.29) is 50.3 Å². The Morgan fingerprint density at radius 1 is 0.741 bits per heavy atom. The summed E-state index contributed by atoms with van der Waals surface area (Å²) in [6.07, 6.45) is 4.86. The Bertz CT molecular complexity index is 461. The first-order valence-electron chi connectivity index (χ1n) is 9.63. The van der Waals surface area contributed by atoms with Crippen molar-refractivity contribution in [2.24, 2.45) is 0 Å². The van der Waals surface area contributed by atoms with Crippen molar-refractivity contribution in [3.63, 3.8) is 0 Å². The van der Waals surface area contributed by atoms with Gasteiger partial charge in [-0.1, -0.05) is 19.8 Å². The topological polar surface area (TPSA) is 127 Å². The molecule has 0 amide bonds. The highest BCUT2D eigenvalue weighted by Crippen LogP contribution is 2.12. The van der Waals surface area contributed by atoms with Crippen LogP contribution in [0.4, 0.5) is 0 Å². The van der Waals surface area contributed by atoms with Gasteiger partial charge >= 0.3 is 23.9 Å². The molecule has 0 bridgehead atoms. The van der Waals surface area contributed by atoms with E-state index in [1.165, 1.54) is 0 Å². The summed E-state index contributed by atoms with van der Waals surface area (Å²) < 4.78 is 10.5. The van der Waals surface area contributed by atoms with Crippen molar-refractivity contribution in [3.05, 3.63) is 0 Å². The first-order valence-corrected chi connectivity index (χ1v) is 9.63. The number of hydrogen-bond donors (Lipinski definition) is 2. The monoisotopic (exact) mass is 388 g/mol. The van der Waals surface area contributed by atoms with Gasteiger partial charge in [0.1, 0.15) is 6.10 Å². The van der Waals surface area contributed by atoms with Gasteiger partial charge < -0.3 is 19.7 Å². The Morgan fingerprint density at radius 3 is 1.78 bits per heavy atom. The number of carboxylic acid groups (broad SMARTS) is 2. The molecule has 0 aromatic rings. The van der Waals surface area contributed by atoms with Gasteiger partial charge in [0.2, 0.25) is 0 Å². The van der Waals surface area contributed by atoms with Gasteiger partial charge in [0.05, 0.1) is 6.61 Å². The molecule has 8 nitrogen and oxygen atoms in total. The van der Waals surface area contributed by atoms with Gasteiger partial charge in [0, 0.05) is 32.1 Å². The number of unbranched alkanes of at least 4 members (excludes halogenated alkanes) is 3. The third-order valence-corrected chi connectivity index (χ3v) is 3.92. The molecule has 0 aromatic carbocycles. The quantitative estimate of drug-likeness (QED) is 0.287. The molecule has 8 heteroatoms. The number of aliphatic carboxylic acids is 2. The lowest BCUT2D eigenvalue weighted by Crippen LogP contribution is -2.21. The minimum atomic E-state index is -0.882. The third-order valence-electron chi connectivity index (χ3n) is 3.92. The molecule has 0 saturated carbocycles. The molecule has 1 unspecified atom stereocenters. The maximum Gasteiger partial charge on any atom is 0.306 e. The predicted octanol–water partition coefficient (Wildman–Crippen LogP) is 3.31. The van der Waals surface area contributed by atoms with Crippen molar-refractivity contribution in [2.75, 3.05) is 6.61 Å². The smallest absolute Gasteiger partial charge is 0.306 e. The van der Waals surface area contributed by atoms with Crippen LogP contribution in [0.2, 0.25) is 0 Å². The summed E-state index contributed by atoms with van der Waals surface area (Å²) in [5.74, 6) is -2.50. The molecule has 0 rings (SSSR count). The number of carbonyl (C=O) groups is 4. The predicted molar refractivity (Wildman–Crippen MR) is 97.2 cm³/mol. The zero-order valence-corrected chi connectivity index (χ0v) is 16.1. The highest BCUT2D eigenvalue weighted by atomic mass is 16.6. The molecular formula is C19H32O8. The second-order valence-electron chi connectivity index (χ2n) is 6.46. The summed E-state index contributed by atoms with van der Waals surface area (Å²) >= 11 is 0. The van der Waals surface area contributed by atoms with Crippen LogP contribution in [-0.4, -0.2) is 46.8 Å². The van der Waals surface area contributed by atoms with Crippen molar-refractivity contribution < 1.29 is 38.9 Å². The van der Waals surface area contributed by atoms with Crippen molar-refractivity contribution in [2.45, 2.75) is 90.1 Å². The highest BCUT2D eigenvalue weighted by Gasteiger charge is 2.15. The fourth-order valence-corrected chi connectivity index (χ4v) is 2.41. The highest BCUT2D eigenvalue weighted by molar-refractivity contribution is 5.70. The maximum atomic E-state index is 11.9. The molecule has 27 heavy (non-hydrogen) atoms. The molecule has 0 spiro atoms. The van der Waals surface area contributed by atoms with Crippen molar-refractivity contribution in [3.8, 4) is 0 Å². The molecule has 156 valence electrons. The van der Waals surface area contributed by atoms with Gasteiger partial charge in [0.25, 0.3) is 0 Å². The molecule has 0 aliphatic rings. The molecular weight excluding hydrogens is 356 g/mol. The molecule has 0 aromatic heterocycles. The molecule has 2 N–H and O–H groups in total. The van der Waals surface area contributed by atoms with E-state index < -0.39 is 11.9 Å². The first kappa shape index (κ1) is 24.9. The number of carbonyl (C=O) groups excluding carboxylic acids is 2. The largest absolute Gasteiger partial charge is 0.481 e. The lowest BCUT2D eigenvalue weighted by atomic mass is 10.1. The van der Waals surface area contributed by atoms with Gasteiger partial charge in [-0.25, -0.2) is 0 Å². The second-order valence-corrected chi connectivity index (χ2v) is 6.46. The van der Waals surface area contributed by atoms with Crippen LogP contribution in [0.5, 0.6) is 0 Å². The maximum absolute atomic E-state index is 11.9. The lowest BCUT2D eigenvalue weighted by Gasteiger charge is -2.18. The number of ether oxygens (including phenoxy) is 2. The van der Waals surface area contributed by atoms with Crippen LogP contribution in [0.3, 0.4) is 0 Å². The summed E-state index contributed by atoms with van der Waals surface area (Å²) in [5, 5.41) is 17.1. The van der Waals surface area contributed by atoms with E-state index in [0.717, 1.165) is 12.8 Å². The second kappa shape index (κ2) is 16.1. The molecule has 0 aliphatic carbocycles. The summed E-state index contributed by atoms with van der Waals surface area (Å²) in [4.78, 5) is 44.3. The first-order chi connectivity index (χ1) is 12.8. The van der Waals surface area contributed by atoms with Crippen LogP contribution in [0.25, 0.3) is 0 Å². The molecule has 0 heterocycles. The molecule has 0 saturated heterocycles. The van der Waals surface area contributed by atoms with Crippen LogP contribution in [0.15, 0.2) is 0 Å². The van der Waals surface area contributed by atoms with Crippen LogP contribution in [0, 0.1) is 0 Å². The zero-order chi connectivity index (χ0) is 20.5. The number of hydrogen-bond acceptors (Lipinski definition) is 6. The Labute approximate surface area is 160 Å². The summed E-state index contributed by atoms with van der Waals surface area (Å²) in [5.41, 5.74) is 0. The molecule has 0 radical (unpaired) electrons. The average molecular weight is 388 g/mol. The third kappa shape index (κ3) is 17.1. The van der Waals surface area contributed by atoms with Gasteiger partial charge in [0.15, 0.2) is 0 Å². The Hall–Kier alpha value is -2.12. The number of rotatable bonds is 17. The van der Waals surface area contributed by atoms with Crippen molar-refractivity contribution >= 4 is 23.9 Å². The molecule has 0 aliphatic heterocycles. The van der Waals surface area contributed by atoms with Crippen molar-refractivity contribution in [1.82, 2.24) is 0 Å². The lowest BCUT2D eigenvalue weighted by molar-refractivity contribution is -0.152. The van der Waals surface area contributed by atoms with Crippen molar-refractivity contribution in [1.29, 1.82) is 0 Å². The Balaban J connectivity index is 4.03. The molecule has 1 atom stereocenters.